The maximum atomic E-state index is 11.9. The Morgan fingerprint density at radius 2 is 2.00 bits per heavy atom. The molecule has 0 radical (unpaired) electrons. The Balaban J connectivity index is 1.91. The first-order valence-electron chi connectivity index (χ1n) is 7.60. The molecule has 0 saturated heterocycles. The van der Waals surface area contributed by atoms with Crippen molar-refractivity contribution in [2.45, 2.75) is 58.0 Å². The minimum absolute atomic E-state index is 0.0190. The van der Waals surface area contributed by atoms with Gasteiger partial charge in [0.05, 0.1) is 12.0 Å². The minimum Gasteiger partial charge on any atom is -0.388 e. The van der Waals surface area contributed by atoms with Gasteiger partial charge in [0.15, 0.2) is 0 Å². The molecule has 1 amide bonds. The highest BCUT2D eigenvalue weighted by Crippen LogP contribution is 2.22. The maximum absolute atomic E-state index is 11.9. The van der Waals surface area contributed by atoms with Crippen LogP contribution in [0.2, 0.25) is 0 Å². The van der Waals surface area contributed by atoms with E-state index in [1.807, 2.05) is 6.92 Å². The van der Waals surface area contributed by atoms with Crippen molar-refractivity contribution >= 4 is 5.91 Å². The fourth-order valence-corrected chi connectivity index (χ4v) is 2.56. The molecule has 1 aromatic carbocycles. The lowest BCUT2D eigenvalue weighted by Gasteiger charge is -2.21. The first-order chi connectivity index (χ1) is 9.50. The van der Waals surface area contributed by atoms with E-state index in [4.69, 9.17) is 0 Å². The number of aryl methyl sites for hydroxylation is 2. The van der Waals surface area contributed by atoms with Gasteiger partial charge in [0.2, 0.25) is 5.91 Å². The number of benzene rings is 1. The molecule has 1 atom stereocenters. The average molecular weight is 275 g/mol. The van der Waals surface area contributed by atoms with Crippen LogP contribution in [0.1, 0.15) is 49.8 Å². The highest BCUT2D eigenvalue weighted by molar-refractivity contribution is 5.78. The van der Waals surface area contributed by atoms with E-state index in [0.717, 1.165) is 12.0 Å². The van der Waals surface area contributed by atoms with E-state index in [9.17, 15) is 9.90 Å². The van der Waals surface area contributed by atoms with Crippen LogP contribution >= 0.6 is 0 Å². The summed E-state index contributed by atoms with van der Waals surface area (Å²) in [6.45, 7) is 3.97. The number of hydrogen-bond acceptors (Lipinski definition) is 2. The van der Waals surface area contributed by atoms with Crippen molar-refractivity contribution in [2.75, 3.05) is 6.54 Å². The van der Waals surface area contributed by atoms with E-state index in [-0.39, 0.29) is 5.91 Å². The molecule has 1 aliphatic rings. The monoisotopic (exact) mass is 275 g/mol. The smallest absolute Gasteiger partial charge is 0.224 e. The fourth-order valence-electron chi connectivity index (χ4n) is 2.56. The summed E-state index contributed by atoms with van der Waals surface area (Å²) in [5, 5.41) is 12.7. The third-order valence-corrected chi connectivity index (χ3v) is 4.21. The SMILES string of the molecule is CCC(C)(O)CNC(=O)Cc1ccc2c(c1)CCCC2. The highest BCUT2D eigenvalue weighted by atomic mass is 16.3. The van der Waals surface area contributed by atoms with Gasteiger partial charge in [0, 0.05) is 6.54 Å². The van der Waals surface area contributed by atoms with Crippen LogP contribution in [0, 0.1) is 0 Å². The molecule has 1 aromatic rings. The minimum atomic E-state index is -0.814. The van der Waals surface area contributed by atoms with Crippen molar-refractivity contribution in [3.8, 4) is 0 Å². The molecule has 0 aromatic heterocycles. The number of carbonyl (C=O) groups excluding carboxylic acids is 1. The zero-order chi connectivity index (χ0) is 14.6. The lowest BCUT2D eigenvalue weighted by Crippen LogP contribution is -2.40. The van der Waals surface area contributed by atoms with Crippen LogP contribution in [0.25, 0.3) is 0 Å². The van der Waals surface area contributed by atoms with Gasteiger partial charge < -0.3 is 10.4 Å². The summed E-state index contributed by atoms with van der Waals surface area (Å²) >= 11 is 0. The summed E-state index contributed by atoms with van der Waals surface area (Å²) < 4.78 is 0. The van der Waals surface area contributed by atoms with Crippen LogP contribution in [0.15, 0.2) is 18.2 Å². The van der Waals surface area contributed by atoms with Crippen LogP contribution in [0.5, 0.6) is 0 Å². The summed E-state index contributed by atoms with van der Waals surface area (Å²) in [4.78, 5) is 11.9. The van der Waals surface area contributed by atoms with E-state index in [2.05, 4.69) is 23.5 Å². The van der Waals surface area contributed by atoms with E-state index < -0.39 is 5.60 Å². The second-order valence-corrected chi connectivity index (χ2v) is 6.11. The van der Waals surface area contributed by atoms with Gasteiger partial charge in [-0.2, -0.15) is 0 Å². The lowest BCUT2D eigenvalue weighted by atomic mass is 9.90. The Bertz CT molecular complexity index is 480. The van der Waals surface area contributed by atoms with Crippen molar-refractivity contribution in [2.24, 2.45) is 0 Å². The zero-order valence-electron chi connectivity index (χ0n) is 12.5. The van der Waals surface area contributed by atoms with Gasteiger partial charge >= 0.3 is 0 Å². The van der Waals surface area contributed by atoms with Gasteiger partial charge in [0.25, 0.3) is 0 Å². The predicted molar refractivity (Wildman–Crippen MR) is 80.7 cm³/mol. The molecule has 2 N–H and O–H groups in total. The number of rotatable bonds is 5. The standard InChI is InChI=1S/C17H25NO2/c1-3-17(2,20)12-18-16(19)11-13-8-9-14-6-4-5-7-15(14)10-13/h8-10,20H,3-7,11-12H2,1-2H3,(H,18,19). The molecule has 0 saturated carbocycles. The van der Waals surface area contributed by atoms with Crippen molar-refractivity contribution < 1.29 is 9.90 Å². The number of hydrogen-bond donors (Lipinski definition) is 2. The molecule has 3 heteroatoms. The Morgan fingerprint density at radius 3 is 2.70 bits per heavy atom. The quantitative estimate of drug-likeness (QED) is 0.867. The summed E-state index contributed by atoms with van der Waals surface area (Å²) in [5.74, 6) is -0.0190. The molecule has 0 aliphatic heterocycles. The summed E-state index contributed by atoms with van der Waals surface area (Å²) in [5.41, 5.74) is 3.10. The largest absolute Gasteiger partial charge is 0.388 e. The predicted octanol–water partition coefficient (Wildman–Crippen LogP) is 2.39. The zero-order valence-corrected chi connectivity index (χ0v) is 12.5. The third-order valence-electron chi connectivity index (χ3n) is 4.21. The first-order valence-corrected chi connectivity index (χ1v) is 7.60. The molecule has 3 nitrogen and oxygen atoms in total. The van der Waals surface area contributed by atoms with E-state index >= 15 is 0 Å². The summed E-state index contributed by atoms with van der Waals surface area (Å²) in [6, 6.07) is 6.40. The third kappa shape index (κ3) is 4.07. The molecule has 2 rings (SSSR count). The first kappa shape index (κ1) is 15.0. The molecule has 1 unspecified atom stereocenters. The second kappa shape index (κ2) is 6.40. The molecule has 0 heterocycles. The number of carbonyl (C=O) groups is 1. The maximum Gasteiger partial charge on any atom is 0.224 e. The van der Waals surface area contributed by atoms with Gasteiger partial charge in [-0.15, -0.1) is 0 Å². The molecule has 0 spiro atoms. The average Bonchev–Trinajstić information content (AvgIpc) is 2.45. The van der Waals surface area contributed by atoms with Crippen LogP contribution in [0.4, 0.5) is 0 Å². The van der Waals surface area contributed by atoms with E-state index in [1.165, 1.54) is 30.4 Å². The number of nitrogens with one attached hydrogen (secondary N) is 1. The molecule has 0 fully saturated rings. The Hall–Kier alpha value is -1.35. The molecular weight excluding hydrogens is 250 g/mol. The van der Waals surface area contributed by atoms with Crippen molar-refractivity contribution in [1.82, 2.24) is 5.32 Å². The Morgan fingerprint density at radius 1 is 1.30 bits per heavy atom. The van der Waals surface area contributed by atoms with Crippen molar-refractivity contribution in [3.63, 3.8) is 0 Å². The highest BCUT2D eigenvalue weighted by Gasteiger charge is 2.18. The fraction of sp³-hybridized carbons (Fsp3) is 0.588. The van der Waals surface area contributed by atoms with Gasteiger partial charge in [-0.3, -0.25) is 4.79 Å². The van der Waals surface area contributed by atoms with Gasteiger partial charge in [0.1, 0.15) is 0 Å². The topological polar surface area (TPSA) is 49.3 Å². The summed E-state index contributed by atoms with van der Waals surface area (Å²) in [7, 11) is 0. The molecular formula is C17H25NO2. The van der Waals surface area contributed by atoms with E-state index in [1.54, 1.807) is 6.92 Å². The van der Waals surface area contributed by atoms with Crippen LogP contribution in [0.3, 0.4) is 0 Å². The number of amides is 1. The Kier molecular flexibility index (Phi) is 4.81. The molecule has 110 valence electrons. The normalized spacial score (nSPS) is 17.1. The Labute approximate surface area is 121 Å². The number of aliphatic hydroxyl groups is 1. The van der Waals surface area contributed by atoms with Crippen LogP contribution in [-0.2, 0) is 24.1 Å². The van der Waals surface area contributed by atoms with E-state index in [0.29, 0.717) is 19.4 Å². The van der Waals surface area contributed by atoms with Gasteiger partial charge in [-0.1, -0.05) is 25.1 Å². The van der Waals surface area contributed by atoms with Crippen molar-refractivity contribution in [3.05, 3.63) is 34.9 Å². The second-order valence-electron chi connectivity index (χ2n) is 6.11. The van der Waals surface area contributed by atoms with Gasteiger partial charge in [-0.25, -0.2) is 0 Å². The molecule has 20 heavy (non-hydrogen) atoms. The van der Waals surface area contributed by atoms with Gasteiger partial charge in [-0.05, 0) is 55.7 Å². The molecule has 1 aliphatic carbocycles. The number of fused-ring (bicyclic) bond motifs is 1. The lowest BCUT2D eigenvalue weighted by molar-refractivity contribution is -0.121. The molecule has 0 bridgehead atoms. The summed E-state index contributed by atoms with van der Waals surface area (Å²) in [6.07, 6.45) is 5.86. The van der Waals surface area contributed by atoms with Crippen LogP contribution in [-0.4, -0.2) is 23.2 Å². The van der Waals surface area contributed by atoms with Crippen LogP contribution < -0.4 is 5.32 Å². The van der Waals surface area contributed by atoms with Crippen molar-refractivity contribution in [1.29, 1.82) is 0 Å².